The van der Waals surface area contributed by atoms with Crippen LogP contribution in [-0.2, 0) is 22.4 Å². The SMILES string of the molecule is CC[Si](CC)(c1cc(C)cc(C(C)(C)C)c1O)C1C2C(C)=CC(C)=CC2C2C1c1cc(C)ccc1N2C.[CH3-].[Cl][Ti][Cl]. The fourth-order valence-corrected chi connectivity index (χ4v) is 14.6. The standard InChI is InChI=1S/C34H47NOSi.CH3.2ClH.Ti/c1-11-37(12-2,28-19-22(5)18-26(32(28)36)34(7,8)9)33-29-23(6)15-21(4)17-25(29)31-30(33)24-16-20(3)13-14-27(24)35(31)10;;;;/h13-19,25,29-31,33,36H,11-12H2,1-10H3;1H3;2*1H;/q;-1;;;+2/p-2. The van der Waals surface area contributed by atoms with Gasteiger partial charge < -0.3 is 17.4 Å². The van der Waals surface area contributed by atoms with Gasteiger partial charge in [-0.05, 0) is 66.9 Å². The number of aromatic hydroxyl groups is 1. The molecule has 1 saturated carbocycles. The van der Waals surface area contributed by atoms with Gasteiger partial charge in [0.05, 0.1) is 8.07 Å². The Morgan fingerprint density at radius 2 is 1.56 bits per heavy atom. The molecular formula is C35H50Cl2NOSiTi-. The molecule has 1 fully saturated rings. The summed E-state index contributed by atoms with van der Waals surface area (Å²) in [5, 5.41) is 13.4. The van der Waals surface area contributed by atoms with Gasteiger partial charge in [0.25, 0.3) is 0 Å². The number of nitrogens with zero attached hydrogens (tertiary/aromatic N) is 1. The van der Waals surface area contributed by atoms with Crippen molar-refractivity contribution in [3.63, 3.8) is 0 Å². The minimum atomic E-state index is -2.19. The van der Waals surface area contributed by atoms with Gasteiger partial charge in [0, 0.05) is 30.6 Å². The Bertz CT molecular complexity index is 1330. The summed E-state index contributed by atoms with van der Waals surface area (Å²) < 4.78 is 0. The van der Waals surface area contributed by atoms with E-state index < -0.39 is 25.1 Å². The van der Waals surface area contributed by atoms with E-state index >= 15 is 0 Å². The van der Waals surface area contributed by atoms with E-state index in [9.17, 15) is 5.11 Å². The molecule has 224 valence electrons. The molecule has 5 unspecified atom stereocenters. The van der Waals surface area contributed by atoms with E-state index in [0.717, 1.165) is 17.7 Å². The Kier molecular flexibility index (Phi) is 10.9. The number of rotatable bonds is 4. The van der Waals surface area contributed by atoms with Crippen LogP contribution < -0.4 is 10.1 Å². The Morgan fingerprint density at radius 1 is 0.951 bits per heavy atom. The molecule has 3 aliphatic rings. The van der Waals surface area contributed by atoms with Crippen molar-refractivity contribution in [2.75, 3.05) is 11.9 Å². The van der Waals surface area contributed by atoms with Gasteiger partial charge in [0.2, 0.25) is 0 Å². The predicted octanol–water partition coefficient (Wildman–Crippen LogP) is 9.95. The number of fused-ring (bicyclic) bond motifs is 5. The van der Waals surface area contributed by atoms with Gasteiger partial charge in [-0.2, -0.15) is 0 Å². The van der Waals surface area contributed by atoms with Gasteiger partial charge in [-0.3, -0.25) is 0 Å². The fraction of sp³-hybridized carbons (Fsp3) is 0.514. The van der Waals surface area contributed by atoms with Crippen LogP contribution in [0.4, 0.5) is 5.69 Å². The molecule has 2 aromatic carbocycles. The van der Waals surface area contributed by atoms with E-state index in [1.807, 2.05) is 0 Å². The number of hydrogen-bond donors (Lipinski definition) is 1. The number of hydrogen-bond acceptors (Lipinski definition) is 2. The van der Waals surface area contributed by atoms with E-state index in [0.29, 0.717) is 35.1 Å². The van der Waals surface area contributed by atoms with Crippen molar-refractivity contribution in [3.05, 3.63) is 83.3 Å². The molecular weight excluding hydrogens is 597 g/mol. The second kappa shape index (κ2) is 12.9. The molecule has 5 atom stereocenters. The van der Waals surface area contributed by atoms with Crippen LogP contribution >= 0.6 is 18.6 Å². The number of halogens is 2. The summed E-state index contributed by atoms with van der Waals surface area (Å²) in [6, 6.07) is 14.5. The topological polar surface area (TPSA) is 23.5 Å². The monoisotopic (exact) mass is 646 g/mol. The van der Waals surface area contributed by atoms with Gasteiger partial charge in [0.1, 0.15) is 5.75 Å². The molecule has 41 heavy (non-hydrogen) atoms. The predicted molar refractivity (Wildman–Crippen MR) is 180 cm³/mol. The zero-order valence-corrected chi connectivity index (χ0v) is 31.1. The summed E-state index contributed by atoms with van der Waals surface area (Å²) >= 11 is -0.556. The van der Waals surface area contributed by atoms with Gasteiger partial charge in [0.15, 0.2) is 0 Å². The van der Waals surface area contributed by atoms with Crippen LogP contribution in [0.5, 0.6) is 5.75 Å². The molecule has 0 saturated heterocycles. The zero-order chi connectivity index (χ0) is 29.7. The number of phenolic OH excluding ortho intramolecular Hbond substituents is 1. The number of phenols is 1. The van der Waals surface area contributed by atoms with E-state index in [4.69, 9.17) is 18.6 Å². The van der Waals surface area contributed by atoms with Crippen molar-refractivity contribution in [1.82, 2.24) is 0 Å². The van der Waals surface area contributed by atoms with Crippen LogP contribution in [0.15, 0.2) is 53.6 Å². The van der Waals surface area contributed by atoms with Gasteiger partial charge in [-0.15, -0.1) is 0 Å². The maximum absolute atomic E-state index is 12.0. The Labute approximate surface area is 268 Å². The molecule has 1 aliphatic heterocycles. The minimum absolute atomic E-state index is 0. The van der Waals surface area contributed by atoms with Gasteiger partial charge in [-0.25, -0.2) is 0 Å². The van der Waals surface area contributed by atoms with Gasteiger partial charge in [-0.1, -0.05) is 105 Å². The molecule has 1 N–H and O–H groups in total. The first-order valence-corrected chi connectivity index (χ1v) is 21.6. The average Bonchev–Trinajstić information content (AvgIpc) is 3.35. The third-order valence-electron chi connectivity index (χ3n) is 10.3. The molecule has 2 aliphatic carbocycles. The van der Waals surface area contributed by atoms with Crippen molar-refractivity contribution in [1.29, 1.82) is 0 Å². The number of allylic oxidation sites excluding steroid dienone is 3. The average molecular weight is 648 g/mol. The van der Waals surface area contributed by atoms with Crippen LogP contribution in [0.3, 0.4) is 0 Å². The first-order chi connectivity index (χ1) is 18.8. The van der Waals surface area contributed by atoms with Crippen molar-refractivity contribution >= 4 is 37.6 Å². The normalized spacial score (nSPS) is 24.7. The van der Waals surface area contributed by atoms with Crippen LogP contribution in [0.1, 0.15) is 76.6 Å². The first-order valence-electron chi connectivity index (χ1n) is 14.8. The molecule has 0 amide bonds. The summed E-state index contributed by atoms with van der Waals surface area (Å²) in [5.74, 6) is 2.12. The second-order valence-corrected chi connectivity index (χ2v) is 21.0. The van der Waals surface area contributed by atoms with Crippen LogP contribution in [0, 0.1) is 33.1 Å². The first kappa shape index (κ1) is 34.5. The molecule has 2 nitrogen and oxygen atoms in total. The fourth-order valence-electron chi connectivity index (χ4n) is 8.72. The molecule has 2 aromatic rings. The van der Waals surface area contributed by atoms with Crippen molar-refractivity contribution in [3.8, 4) is 5.75 Å². The van der Waals surface area contributed by atoms with E-state index in [1.54, 1.807) is 11.1 Å². The summed E-state index contributed by atoms with van der Waals surface area (Å²) in [4.78, 5) is 2.61. The van der Waals surface area contributed by atoms with E-state index in [1.165, 1.54) is 27.6 Å². The van der Waals surface area contributed by atoms with Crippen molar-refractivity contribution in [2.45, 2.75) is 97.3 Å². The van der Waals surface area contributed by atoms with Crippen LogP contribution in [0.2, 0.25) is 17.6 Å². The van der Waals surface area contributed by atoms with Crippen molar-refractivity contribution < 1.29 is 22.1 Å². The number of likely N-dealkylation sites (N-methyl/N-ethyl adjacent to an activating group) is 1. The Balaban J connectivity index is 0.00000111. The van der Waals surface area contributed by atoms with Crippen LogP contribution in [-0.4, -0.2) is 26.3 Å². The molecule has 0 aromatic heterocycles. The number of aryl methyl sites for hydroxylation is 2. The number of benzene rings is 2. The Morgan fingerprint density at radius 3 is 2.12 bits per heavy atom. The summed E-state index contributed by atoms with van der Waals surface area (Å²) in [6.45, 7) is 20.7. The second-order valence-electron chi connectivity index (χ2n) is 13.5. The molecule has 0 spiro atoms. The van der Waals surface area contributed by atoms with Crippen LogP contribution in [0.25, 0.3) is 0 Å². The molecule has 0 radical (unpaired) electrons. The summed E-state index contributed by atoms with van der Waals surface area (Å²) in [6.07, 6.45) is 5.04. The summed E-state index contributed by atoms with van der Waals surface area (Å²) in [7, 11) is 9.92. The third kappa shape index (κ3) is 5.80. The molecule has 0 bridgehead atoms. The van der Waals surface area contributed by atoms with E-state index in [-0.39, 0.29) is 12.8 Å². The van der Waals surface area contributed by atoms with E-state index in [2.05, 4.69) is 117 Å². The number of anilines is 1. The third-order valence-corrected chi connectivity index (χ3v) is 16.2. The van der Waals surface area contributed by atoms with Crippen molar-refractivity contribution in [2.24, 2.45) is 11.8 Å². The quantitative estimate of drug-likeness (QED) is 0.264. The molecule has 1 heterocycles. The van der Waals surface area contributed by atoms with Gasteiger partial charge >= 0.3 is 35.6 Å². The summed E-state index contributed by atoms with van der Waals surface area (Å²) in [5.41, 5.74) is 10.1. The zero-order valence-electron chi connectivity index (χ0n) is 27.0. The molecule has 6 heteroatoms. The maximum atomic E-state index is 12.0. The Hall–Kier alpha value is -0.969. The molecule has 5 rings (SSSR count).